The topological polar surface area (TPSA) is 97.3 Å². The number of hydrogen-bond acceptors (Lipinski definition) is 8. The number of rotatable bonds is 8. The molecule has 3 aromatic heterocycles. The lowest BCUT2D eigenvalue weighted by Crippen LogP contribution is -2.43. The summed E-state index contributed by atoms with van der Waals surface area (Å²) in [6.45, 7) is 6.59. The van der Waals surface area contributed by atoms with Crippen LogP contribution in [0.5, 0.6) is 17.2 Å². The van der Waals surface area contributed by atoms with Crippen molar-refractivity contribution in [3.05, 3.63) is 76.5 Å². The van der Waals surface area contributed by atoms with Crippen molar-refractivity contribution >= 4 is 28.2 Å². The zero-order valence-corrected chi connectivity index (χ0v) is 21.8. The molecule has 5 aromatic rings. The van der Waals surface area contributed by atoms with Gasteiger partial charge in [0.05, 0.1) is 25.1 Å². The summed E-state index contributed by atoms with van der Waals surface area (Å²) in [4.78, 5) is 10.9. The number of thiophene rings is 1. The molecular formula is C28H26FN5O3S. The molecule has 0 unspecified atom stereocenters. The van der Waals surface area contributed by atoms with Gasteiger partial charge in [-0.15, -0.1) is 11.3 Å². The van der Waals surface area contributed by atoms with Gasteiger partial charge in [0.15, 0.2) is 5.65 Å². The van der Waals surface area contributed by atoms with Gasteiger partial charge in [0.1, 0.15) is 47.5 Å². The monoisotopic (exact) mass is 531 g/mol. The van der Waals surface area contributed by atoms with E-state index in [-0.39, 0.29) is 5.41 Å². The Labute approximate surface area is 222 Å². The molecule has 2 aromatic carbocycles. The predicted octanol–water partition coefficient (Wildman–Crippen LogP) is 5.99. The average molecular weight is 532 g/mol. The molecule has 1 aliphatic rings. The van der Waals surface area contributed by atoms with Crippen LogP contribution in [0.25, 0.3) is 22.3 Å². The summed E-state index contributed by atoms with van der Waals surface area (Å²) in [6.07, 6.45) is 1.45. The highest BCUT2D eigenvalue weighted by molar-refractivity contribution is 7.11. The van der Waals surface area contributed by atoms with E-state index >= 15 is 0 Å². The fourth-order valence-electron chi connectivity index (χ4n) is 4.46. The highest BCUT2D eigenvalue weighted by Gasteiger charge is 2.35. The van der Waals surface area contributed by atoms with Crippen LogP contribution < -0.4 is 15.2 Å². The maximum Gasteiger partial charge on any atom is 0.163 e. The first-order valence-electron chi connectivity index (χ1n) is 12.2. The van der Waals surface area contributed by atoms with Crippen molar-refractivity contribution in [3.63, 3.8) is 0 Å². The number of nitrogen functional groups attached to an aromatic ring is 1. The van der Waals surface area contributed by atoms with Crippen molar-refractivity contribution in [2.24, 2.45) is 5.41 Å². The minimum absolute atomic E-state index is 0.00384. The number of nitrogens with zero attached hydrogens (tertiary/aromatic N) is 4. The molecule has 0 radical (unpaired) electrons. The Hall–Kier alpha value is -4.02. The Morgan fingerprint density at radius 2 is 1.84 bits per heavy atom. The van der Waals surface area contributed by atoms with Gasteiger partial charge in [-0.3, -0.25) is 0 Å². The zero-order chi connectivity index (χ0) is 26.3. The number of benzene rings is 2. The van der Waals surface area contributed by atoms with E-state index in [9.17, 15) is 4.39 Å². The molecule has 4 heterocycles. The Morgan fingerprint density at radius 1 is 1.05 bits per heavy atom. The lowest BCUT2D eigenvalue weighted by Gasteiger charge is -2.37. The van der Waals surface area contributed by atoms with Crippen LogP contribution in [0.3, 0.4) is 0 Å². The first-order chi connectivity index (χ1) is 18.3. The highest BCUT2D eigenvalue weighted by atomic mass is 32.1. The molecule has 0 bridgehead atoms. The molecule has 0 atom stereocenters. The second-order valence-electron chi connectivity index (χ2n) is 9.82. The molecule has 2 N–H and O–H groups in total. The number of ether oxygens (including phenoxy) is 3. The molecule has 38 heavy (non-hydrogen) atoms. The Bertz CT molecular complexity index is 1610. The van der Waals surface area contributed by atoms with Crippen LogP contribution in [0.15, 0.2) is 60.9 Å². The third-order valence-corrected chi connectivity index (χ3v) is 7.35. The summed E-state index contributed by atoms with van der Waals surface area (Å²) in [6, 6.07) is 15.8. The number of halogens is 1. The van der Waals surface area contributed by atoms with E-state index in [1.807, 2.05) is 35.9 Å². The van der Waals surface area contributed by atoms with Gasteiger partial charge >= 0.3 is 0 Å². The summed E-state index contributed by atoms with van der Waals surface area (Å²) in [5.41, 5.74) is 8.46. The van der Waals surface area contributed by atoms with Crippen LogP contribution in [0, 0.1) is 18.2 Å². The molecule has 194 valence electrons. The molecular weight excluding hydrogens is 505 g/mol. The van der Waals surface area contributed by atoms with E-state index < -0.39 is 5.82 Å². The van der Waals surface area contributed by atoms with Crippen LogP contribution in [-0.2, 0) is 17.9 Å². The van der Waals surface area contributed by atoms with Crippen LogP contribution in [0.1, 0.15) is 16.7 Å². The van der Waals surface area contributed by atoms with Gasteiger partial charge in [-0.2, -0.15) is 5.10 Å². The van der Waals surface area contributed by atoms with Gasteiger partial charge in [0.25, 0.3) is 0 Å². The maximum absolute atomic E-state index is 14.3. The largest absolute Gasteiger partial charge is 0.488 e. The van der Waals surface area contributed by atoms with Gasteiger partial charge in [0, 0.05) is 38.9 Å². The predicted molar refractivity (Wildman–Crippen MR) is 144 cm³/mol. The number of fused-ring (bicyclic) bond motifs is 1. The minimum atomic E-state index is -0.436. The second kappa shape index (κ2) is 9.70. The normalized spacial score (nSPS) is 14.4. The molecule has 1 fully saturated rings. The molecule has 1 aliphatic heterocycles. The van der Waals surface area contributed by atoms with Crippen molar-refractivity contribution in [1.82, 2.24) is 19.7 Å². The minimum Gasteiger partial charge on any atom is -0.488 e. The smallest absolute Gasteiger partial charge is 0.163 e. The second-order valence-corrected chi connectivity index (χ2v) is 11.2. The first kappa shape index (κ1) is 24.3. The van der Waals surface area contributed by atoms with Gasteiger partial charge in [-0.25, -0.2) is 19.0 Å². The van der Waals surface area contributed by atoms with Crippen molar-refractivity contribution in [2.75, 3.05) is 18.9 Å². The summed E-state index contributed by atoms with van der Waals surface area (Å²) in [5.74, 6) is 1.23. The van der Waals surface area contributed by atoms with Crippen LogP contribution in [0.2, 0.25) is 0 Å². The van der Waals surface area contributed by atoms with E-state index in [1.165, 1.54) is 23.3 Å². The molecule has 1 saturated heterocycles. The van der Waals surface area contributed by atoms with Crippen LogP contribution >= 0.6 is 11.3 Å². The van der Waals surface area contributed by atoms with E-state index in [1.54, 1.807) is 29.5 Å². The van der Waals surface area contributed by atoms with Gasteiger partial charge in [0.2, 0.25) is 0 Å². The third-order valence-electron chi connectivity index (χ3n) is 6.38. The maximum atomic E-state index is 14.3. The van der Waals surface area contributed by atoms with Crippen molar-refractivity contribution < 1.29 is 18.6 Å². The molecule has 8 nitrogen and oxygen atoms in total. The van der Waals surface area contributed by atoms with Crippen molar-refractivity contribution in [2.45, 2.75) is 27.0 Å². The number of anilines is 1. The molecule has 10 heteroatoms. The summed E-state index contributed by atoms with van der Waals surface area (Å²) < 4.78 is 33.3. The molecule has 0 aliphatic carbocycles. The number of aryl methyl sites for hydroxylation is 1. The molecule has 0 saturated carbocycles. The van der Waals surface area contributed by atoms with E-state index in [0.717, 1.165) is 10.4 Å². The summed E-state index contributed by atoms with van der Waals surface area (Å²) in [7, 11) is 0. The lowest BCUT2D eigenvalue weighted by molar-refractivity contribution is -0.111. The Kier molecular flexibility index (Phi) is 6.21. The van der Waals surface area contributed by atoms with E-state index in [2.05, 4.69) is 16.9 Å². The molecule has 0 amide bonds. The molecule has 6 rings (SSSR count). The van der Waals surface area contributed by atoms with Gasteiger partial charge in [-0.05, 0) is 43.3 Å². The standard InChI is InChI=1S/C28H26FN5O3S/c1-17-3-8-23(38-17)12-36-21-9-19(29)10-22(11-21)37-20-6-4-18(5-7-20)25-24-26(30)31-16-32-27(24)34(33-25)13-28(2)14-35-15-28/h3-11,16H,12-15H2,1-2H3,(H2,30,31,32). The SMILES string of the molecule is Cc1ccc(COc2cc(F)cc(Oc3ccc(-c4nn(CC5(C)COC5)c5ncnc(N)c45)cc3)c2)s1. The van der Waals surface area contributed by atoms with Crippen LogP contribution in [-0.4, -0.2) is 33.0 Å². The highest BCUT2D eigenvalue weighted by Crippen LogP contribution is 2.35. The zero-order valence-electron chi connectivity index (χ0n) is 21.0. The fraction of sp³-hybridized carbons (Fsp3) is 0.250. The van der Waals surface area contributed by atoms with Crippen LogP contribution in [0.4, 0.5) is 10.2 Å². The summed E-state index contributed by atoms with van der Waals surface area (Å²) in [5, 5.41) is 5.55. The lowest BCUT2D eigenvalue weighted by atomic mass is 9.89. The number of aromatic nitrogens is 4. The Morgan fingerprint density at radius 3 is 2.55 bits per heavy atom. The van der Waals surface area contributed by atoms with Gasteiger partial charge < -0.3 is 19.9 Å². The Balaban J connectivity index is 1.23. The number of hydrogen-bond donors (Lipinski definition) is 1. The van der Waals surface area contributed by atoms with Crippen molar-refractivity contribution in [1.29, 1.82) is 0 Å². The average Bonchev–Trinajstić information content (AvgIpc) is 3.46. The summed E-state index contributed by atoms with van der Waals surface area (Å²) >= 11 is 1.65. The van der Waals surface area contributed by atoms with E-state index in [0.29, 0.717) is 66.2 Å². The van der Waals surface area contributed by atoms with Crippen molar-refractivity contribution in [3.8, 4) is 28.5 Å². The van der Waals surface area contributed by atoms with E-state index in [4.69, 9.17) is 25.0 Å². The third kappa shape index (κ3) is 4.92. The first-order valence-corrected chi connectivity index (χ1v) is 13.0. The molecule has 0 spiro atoms. The quantitative estimate of drug-likeness (QED) is 0.263. The number of nitrogens with two attached hydrogens (primary N) is 1. The fourth-order valence-corrected chi connectivity index (χ4v) is 5.26. The van der Waals surface area contributed by atoms with Gasteiger partial charge in [-0.1, -0.05) is 6.92 Å².